The summed E-state index contributed by atoms with van der Waals surface area (Å²) in [6.45, 7) is 0.994. The van der Waals surface area contributed by atoms with Gasteiger partial charge in [-0.3, -0.25) is 0 Å². The molecule has 19 heavy (non-hydrogen) atoms. The van der Waals surface area contributed by atoms with Crippen molar-refractivity contribution in [1.82, 2.24) is 9.62 Å². The number of hydrogen-bond donors (Lipinski definition) is 1. The van der Waals surface area contributed by atoms with E-state index in [9.17, 15) is 12.8 Å². The Hall–Kier alpha value is -0.690. The Morgan fingerprint density at radius 2 is 1.95 bits per heavy atom. The molecule has 1 N–H and O–H groups in total. The first-order chi connectivity index (χ1) is 8.54. The van der Waals surface area contributed by atoms with E-state index in [1.54, 1.807) is 0 Å². The number of hydrogen-bond acceptors (Lipinski definition) is 3. The van der Waals surface area contributed by atoms with Crippen LogP contribution in [0.2, 0.25) is 0 Å². The number of piperidine rings is 1. The van der Waals surface area contributed by atoms with Crippen LogP contribution >= 0.6 is 12.4 Å². The second kappa shape index (κ2) is 6.65. The molecule has 0 aromatic heterocycles. The molecule has 4 nitrogen and oxygen atoms in total. The zero-order chi connectivity index (χ0) is 13.2. The molecule has 1 atom stereocenters. The van der Waals surface area contributed by atoms with Gasteiger partial charge in [-0.15, -0.1) is 12.4 Å². The van der Waals surface area contributed by atoms with E-state index in [1.165, 1.54) is 28.6 Å². The maximum Gasteiger partial charge on any atom is 0.243 e. The molecule has 1 unspecified atom stereocenters. The summed E-state index contributed by atoms with van der Waals surface area (Å²) in [5, 5.41) is 3.10. The molecule has 0 aliphatic carbocycles. The molecule has 7 heteroatoms. The number of nitrogens with one attached hydrogen (secondary N) is 1. The molecule has 0 amide bonds. The summed E-state index contributed by atoms with van der Waals surface area (Å²) in [6.07, 6.45) is 1.82. The number of benzene rings is 1. The van der Waals surface area contributed by atoms with Crippen molar-refractivity contribution in [2.45, 2.75) is 23.8 Å². The molecular formula is C12H18ClFN2O2S. The van der Waals surface area contributed by atoms with Crippen molar-refractivity contribution in [3.63, 3.8) is 0 Å². The molecule has 0 spiro atoms. The summed E-state index contributed by atoms with van der Waals surface area (Å²) in [5.74, 6) is -0.430. The molecule has 1 aromatic carbocycles. The van der Waals surface area contributed by atoms with Gasteiger partial charge in [0.2, 0.25) is 10.0 Å². The third kappa shape index (κ3) is 3.66. The highest BCUT2D eigenvalue weighted by molar-refractivity contribution is 7.89. The maximum atomic E-state index is 12.8. The fourth-order valence-electron chi connectivity index (χ4n) is 2.15. The van der Waals surface area contributed by atoms with Gasteiger partial charge in [0.1, 0.15) is 5.82 Å². The van der Waals surface area contributed by atoms with Gasteiger partial charge in [-0.05, 0) is 44.2 Å². The van der Waals surface area contributed by atoms with Crippen molar-refractivity contribution in [2.75, 3.05) is 20.1 Å². The van der Waals surface area contributed by atoms with Crippen molar-refractivity contribution in [1.29, 1.82) is 0 Å². The van der Waals surface area contributed by atoms with Crippen LogP contribution in [0.3, 0.4) is 0 Å². The van der Waals surface area contributed by atoms with Crippen LogP contribution < -0.4 is 5.32 Å². The highest BCUT2D eigenvalue weighted by atomic mass is 35.5. The lowest BCUT2D eigenvalue weighted by Crippen LogP contribution is -2.46. The number of halogens is 2. The fourth-order valence-corrected chi connectivity index (χ4v) is 3.68. The van der Waals surface area contributed by atoms with E-state index in [0.717, 1.165) is 12.8 Å². The van der Waals surface area contributed by atoms with Crippen LogP contribution in [0.1, 0.15) is 12.8 Å². The van der Waals surface area contributed by atoms with Crippen molar-refractivity contribution < 1.29 is 12.8 Å². The first-order valence-corrected chi connectivity index (χ1v) is 7.41. The molecule has 1 heterocycles. The molecule has 108 valence electrons. The largest absolute Gasteiger partial charge is 0.316 e. The molecule has 0 saturated carbocycles. The predicted molar refractivity (Wildman–Crippen MR) is 74.5 cm³/mol. The summed E-state index contributed by atoms with van der Waals surface area (Å²) < 4.78 is 38.9. The first-order valence-electron chi connectivity index (χ1n) is 5.97. The van der Waals surface area contributed by atoms with Crippen LogP contribution in [-0.4, -0.2) is 38.9 Å². The average Bonchev–Trinajstić information content (AvgIpc) is 2.39. The van der Waals surface area contributed by atoms with E-state index in [-0.39, 0.29) is 23.3 Å². The molecule has 1 aliphatic heterocycles. The van der Waals surface area contributed by atoms with Gasteiger partial charge in [0.25, 0.3) is 0 Å². The SMILES string of the molecule is CNC1CCCN(S(=O)(=O)c2ccc(F)cc2)C1.Cl. The minimum absolute atomic E-state index is 0. The van der Waals surface area contributed by atoms with Gasteiger partial charge < -0.3 is 5.32 Å². The summed E-state index contributed by atoms with van der Waals surface area (Å²) >= 11 is 0. The van der Waals surface area contributed by atoms with E-state index in [2.05, 4.69) is 5.32 Å². The fraction of sp³-hybridized carbons (Fsp3) is 0.500. The van der Waals surface area contributed by atoms with Crippen molar-refractivity contribution in [2.24, 2.45) is 0 Å². The molecule has 2 rings (SSSR count). The Morgan fingerprint density at radius 3 is 2.53 bits per heavy atom. The van der Waals surface area contributed by atoms with Crippen LogP contribution in [0.25, 0.3) is 0 Å². The van der Waals surface area contributed by atoms with E-state index in [4.69, 9.17) is 0 Å². The first kappa shape index (κ1) is 16.4. The highest BCUT2D eigenvalue weighted by Crippen LogP contribution is 2.20. The van der Waals surface area contributed by atoms with E-state index in [1.807, 2.05) is 7.05 Å². The smallest absolute Gasteiger partial charge is 0.243 e. The summed E-state index contributed by atoms with van der Waals surface area (Å²) in [5.41, 5.74) is 0. The molecule has 1 aromatic rings. The number of rotatable bonds is 3. The minimum Gasteiger partial charge on any atom is -0.316 e. The third-order valence-electron chi connectivity index (χ3n) is 3.24. The predicted octanol–water partition coefficient (Wildman–Crippen LogP) is 1.62. The Balaban J connectivity index is 0.00000180. The van der Waals surface area contributed by atoms with Crippen molar-refractivity contribution in [3.8, 4) is 0 Å². The van der Waals surface area contributed by atoms with Gasteiger partial charge in [-0.2, -0.15) is 4.31 Å². The lowest BCUT2D eigenvalue weighted by Gasteiger charge is -2.31. The van der Waals surface area contributed by atoms with E-state index >= 15 is 0 Å². The van der Waals surface area contributed by atoms with Crippen LogP contribution in [-0.2, 0) is 10.0 Å². The summed E-state index contributed by atoms with van der Waals surface area (Å²) in [7, 11) is -1.66. The van der Waals surface area contributed by atoms with Crippen molar-refractivity contribution in [3.05, 3.63) is 30.1 Å². The van der Waals surface area contributed by atoms with E-state index < -0.39 is 15.8 Å². The van der Waals surface area contributed by atoms with Gasteiger partial charge in [0.15, 0.2) is 0 Å². The topological polar surface area (TPSA) is 49.4 Å². The van der Waals surface area contributed by atoms with Gasteiger partial charge in [0, 0.05) is 19.1 Å². The van der Waals surface area contributed by atoms with E-state index in [0.29, 0.717) is 13.1 Å². The second-order valence-electron chi connectivity index (χ2n) is 4.44. The molecule has 1 saturated heterocycles. The summed E-state index contributed by atoms with van der Waals surface area (Å²) in [4.78, 5) is 0.153. The van der Waals surface area contributed by atoms with Crippen LogP contribution in [0, 0.1) is 5.82 Å². The van der Waals surface area contributed by atoms with Gasteiger partial charge in [0.05, 0.1) is 4.90 Å². The second-order valence-corrected chi connectivity index (χ2v) is 6.38. The Kier molecular flexibility index (Phi) is 5.73. The number of nitrogens with zero attached hydrogens (tertiary/aromatic N) is 1. The zero-order valence-electron chi connectivity index (χ0n) is 10.7. The van der Waals surface area contributed by atoms with Crippen LogP contribution in [0.15, 0.2) is 29.2 Å². The summed E-state index contributed by atoms with van der Waals surface area (Å²) in [6, 6.07) is 5.16. The Labute approximate surface area is 119 Å². The Bertz CT molecular complexity index is 507. The van der Waals surface area contributed by atoms with Gasteiger partial charge in [-0.1, -0.05) is 0 Å². The Morgan fingerprint density at radius 1 is 1.32 bits per heavy atom. The normalized spacial score (nSPS) is 20.8. The highest BCUT2D eigenvalue weighted by Gasteiger charge is 2.29. The van der Waals surface area contributed by atoms with Crippen LogP contribution in [0.5, 0.6) is 0 Å². The third-order valence-corrected chi connectivity index (χ3v) is 5.12. The lowest BCUT2D eigenvalue weighted by molar-refractivity contribution is 0.293. The number of sulfonamides is 1. The van der Waals surface area contributed by atoms with Crippen LogP contribution in [0.4, 0.5) is 4.39 Å². The molecule has 1 fully saturated rings. The van der Waals surface area contributed by atoms with Gasteiger partial charge >= 0.3 is 0 Å². The van der Waals surface area contributed by atoms with Gasteiger partial charge in [-0.25, -0.2) is 12.8 Å². The monoisotopic (exact) mass is 308 g/mol. The quantitative estimate of drug-likeness (QED) is 0.923. The lowest BCUT2D eigenvalue weighted by atomic mass is 10.1. The minimum atomic E-state index is -3.50. The zero-order valence-corrected chi connectivity index (χ0v) is 12.3. The molecule has 0 radical (unpaired) electrons. The van der Waals surface area contributed by atoms with Crippen molar-refractivity contribution >= 4 is 22.4 Å². The maximum absolute atomic E-state index is 12.8. The number of likely N-dealkylation sites (N-methyl/N-ethyl adjacent to an activating group) is 1. The standard InChI is InChI=1S/C12H17FN2O2S.ClH/c1-14-11-3-2-8-15(9-11)18(16,17)12-6-4-10(13)5-7-12;/h4-7,11,14H,2-3,8-9H2,1H3;1H. The molecule has 1 aliphatic rings. The molecular weight excluding hydrogens is 291 g/mol. The average molecular weight is 309 g/mol. The molecule has 0 bridgehead atoms.